The molecular weight excluding hydrogens is 248 g/mol. The highest BCUT2D eigenvalue weighted by atomic mass is 16.5. The van der Waals surface area contributed by atoms with E-state index in [-0.39, 0.29) is 5.97 Å². The molecule has 3 aromatic carbocycles. The van der Waals surface area contributed by atoms with E-state index in [1.54, 1.807) is 18.2 Å². The second-order valence-corrected chi connectivity index (χ2v) is 4.76. The summed E-state index contributed by atoms with van der Waals surface area (Å²) in [7, 11) is 0. The molecule has 0 N–H and O–H groups in total. The molecule has 0 radical (unpaired) electrons. The van der Waals surface area contributed by atoms with Gasteiger partial charge < -0.3 is 4.74 Å². The summed E-state index contributed by atoms with van der Waals surface area (Å²) in [6, 6.07) is 21.0. The minimum Gasteiger partial charge on any atom is -0.423 e. The number of hydrogen-bond acceptors (Lipinski definition) is 2. The van der Waals surface area contributed by atoms with Crippen LogP contribution in [0.2, 0.25) is 0 Å². The molecule has 98 valence electrons. The fourth-order valence-corrected chi connectivity index (χ4v) is 2.09. The predicted molar refractivity (Wildman–Crippen MR) is 80.1 cm³/mol. The molecule has 0 atom stereocenters. The van der Waals surface area contributed by atoms with Crippen molar-refractivity contribution >= 4 is 16.7 Å². The summed E-state index contributed by atoms with van der Waals surface area (Å²) >= 11 is 0. The van der Waals surface area contributed by atoms with Gasteiger partial charge in [0, 0.05) is 0 Å². The van der Waals surface area contributed by atoms with E-state index in [0.29, 0.717) is 11.3 Å². The van der Waals surface area contributed by atoms with Crippen molar-refractivity contribution < 1.29 is 9.53 Å². The van der Waals surface area contributed by atoms with Gasteiger partial charge in [-0.05, 0) is 42.0 Å². The lowest BCUT2D eigenvalue weighted by Gasteiger charge is -2.05. The number of rotatable bonds is 2. The summed E-state index contributed by atoms with van der Waals surface area (Å²) in [5.41, 5.74) is 1.69. The van der Waals surface area contributed by atoms with Crippen LogP contribution >= 0.6 is 0 Å². The SMILES string of the molecule is Cc1ccc(OC(=O)c2ccc3ccccc3c2)cc1. The molecule has 0 aliphatic carbocycles. The van der Waals surface area contributed by atoms with Crippen molar-refractivity contribution in [2.45, 2.75) is 6.92 Å². The molecule has 0 aromatic heterocycles. The molecule has 0 bridgehead atoms. The Morgan fingerprint density at radius 1 is 0.850 bits per heavy atom. The number of carbonyl (C=O) groups excluding carboxylic acids is 1. The average Bonchev–Trinajstić information content (AvgIpc) is 2.49. The van der Waals surface area contributed by atoms with Crippen LogP contribution in [-0.4, -0.2) is 5.97 Å². The molecule has 0 spiro atoms. The minimum absolute atomic E-state index is 0.334. The van der Waals surface area contributed by atoms with Gasteiger partial charge in [0.25, 0.3) is 0 Å². The van der Waals surface area contributed by atoms with Crippen LogP contribution in [0.3, 0.4) is 0 Å². The number of benzene rings is 3. The first kappa shape index (κ1) is 12.4. The topological polar surface area (TPSA) is 26.3 Å². The number of hydrogen-bond donors (Lipinski definition) is 0. The van der Waals surface area contributed by atoms with Gasteiger partial charge in [-0.2, -0.15) is 0 Å². The maximum absolute atomic E-state index is 12.1. The summed E-state index contributed by atoms with van der Waals surface area (Å²) in [6.45, 7) is 1.99. The van der Waals surface area contributed by atoms with Gasteiger partial charge in [-0.3, -0.25) is 0 Å². The normalized spacial score (nSPS) is 10.4. The predicted octanol–water partition coefficient (Wildman–Crippen LogP) is 4.37. The van der Waals surface area contributed by atoms with E-state index in [9.17, 15) is 4.79 Å². The fourth-order valence-electron chi connectivity index (χ4n) is 2.09. The van der Waals surface area contributed by atoms with Crippen molar-refractivity contribution in [3.8, 4) is 5.75 Å². The van der Waals surface area contributed by atoms with E-state index >= 15 is 0 Å². The van der Waals surface area contributed by atoms with E-state index in [0.717, 1.165) is 16.3 Å². The molecule has 3 aromatic rings. The van der Waals surface area contributed by atoms with Gasteiger partial charge in [-0.15, -0.1) is 0 Å². The zero-order valence-electron chi connectivity index (χ0n) is 11.2. The van der Waals surface area contributed by atoms with E-state index in [2.05, 4.69) is 0 Å². The van der Waals surface area contributed by atoms with Gasteiger partial charge in [-0.1, -0.05) is 48.0 Å². The number of esters is 1. The Morgan fingerprint density at radius 3 is 2.30 bits per heavy atom. The van der Waals surface area contributed by atoms with E-state index < -0.39 is 0 Å². The Bertz CT molecular complexity index is 758. The first-order valence-corrected chi connectivity index (χ1v) is 6.50. The van der Waals surface area contributed by atoms with Crippen LogP contribution < -0.4 is 4.74 Å². The van der Waals surface area contributed by atoms with Crippen LogP contribution in [0.1, 0.15) is 15.9 Å². The minimum atomic E-state index is -0.334. The third-order valence-corrected chi connectivity index (χ3v) is 3.22. The Kier molecular flexibility index (Phi) is 3.21. The second kappa shape index (κ2) is 5.17. The van der Waals surface area contributed by atoms with Crippen molar-refractivity contribution in [1.82, 2.24) is 0 Å². The van der Waals surface area contributed by atoms with Crippen molar-refractivity contribution in [2.75, 3.05) is 0 Å². The van der Waals surface area contributed by atoms with E-state index in [1.165, 1.54) is 0 Å². The van der Waals surface area contributed by atoms with Crippen molar-refractivity contribution in [1.29, 1.82) is 0 Å². The molecule has 0 unspecified atom stereocenters. The molecule has 0 saturated carbocycles. The van der Waals surface area contributed by atoms with Gasteiger partial charge in [0.2, 0.25) is 0 Å². The summed E-state index contributed by atoms with van der Waals surface area (Å²) < 4.78 is 5.37. The number of fused-ring (bicyclic) bond motifs is 1. The summed E-state index contributed by atoms with van der Waals surface area (Å²) in [5, 5.41) is 2.14. The van der Waals surface area contributed by atoms with Crippen LogP contribution in [0.4, 0.5) is 0 Å². The smallest absolute Gasteiger partial charge is 0.343 e. The van der Waals surface area contributed by atoms with E-state index in [1.807, 2.05) is 55.5 Å². The second-order valence-electron chi connectivity index (χ2n) is 4.76. The van der Waals surface area contributed by atoms with Crippen molar-refractivity contribution in [3.05, 3.63) is 77.9 Å². The number of carbonyl (C=O) groups is 1. The molecule has 0 aliphatic rings. The Labute approximate surface area is 117 Å². The van der Waals surface area contributed by atoms with Crippen LogP contribution in [0, 0.1) is 6.92 Å². The highest BCUT2D eigenvalue weighted by Gasteiger charge is 2.09. The van der Waals surface area contributed by atoms with Crippen LogP contribution in [0.15, 0.2) is 66.7 Å². The van der Waals surface area contributed by atoms with E-state index in [4.69, 9.17) is 4.74 Å². The zero-order valence-corrected chi connectivity index (χ0v) is 11.2. The lowest BCUT2D eigenvalue weighted by Crippen LogP contribution is -2.08. The average molecular weight is 262 g/mol. The van der Waals surface area contributed by atoms with Gasteiger partial charge in [-0.25, -0.2) is 4.79 Å². The largest absolute Gasteiger partial charge is 0.423 e. The molecule has 3 rings (SSSR count). The Morgan fingerprint density at radius 2 is 1.55 bits per heavy atom. The van der Waals surface area contributed by atoms with Crippen molar-refractivity contribution in [3.63, 3.8) is 0 Å². The zero-order chi connectivity index (χ0) is 13.9. The summed E-state index contributed by atoms with van der Waals surface area (Å²) in [5.74, 6) is 0.230. The molecule has 2 nitrogen and oxygen atoms in total. The third kappa shape index (κ3) is 2.54. The van der Waals surface area contributed by atoms with Gasteiger partial charge in [0.05, 0.1) is 5.56 Å². The molecule has 20 heavy (non-hydrogen) atoms. The molecule has 2 heteroatoms. The van der Waals surface area contributed by atoms with Crippen LogP contribution in [0.25, 0.3) is 10.8 Å². The number of aryl methyl sites for hydroxylation is 1. The maximum atomic E-state index is 12.1. The standard InChI is InChI=1S/C18H14O2/c1-13-6-10-17(11-7-13)20-18(19)16-9-8-14-4-2-3-5-15(14)12-16/h2-12H,1H3. The molecule has 0 aliphatic heterocycles. The lowest BCUT2D eigenvalue weighted by atomic mass is 10.1. The highest BCUT2D eigenvalue weighted by molar-refractivity contribution is 5.96. The first-order chi connectivity index (χ1) is 9.72. The molecule has 0 heterocycles. The quantitative estimate of drug-likeness (QED) is 0.506. The van der Waals surface area contributed by atoms with Gasteiger partial charge in [0.15, 0.2) is 0 Å². The summed E-state index contributed by atoms with van der Waals surface area (Å²) in [6.07, 6.45) is 0. The highest BCUT2D eigenvalue weighted by Crippen LogP contribution is 2.18. The monoisotopic (exact) mass is 262 g/mol. The Balaban J connectivity index is 1.86. The van der Waals surface area contributed by atoms with Crippen LogP contribution in [0.5, 0.6) is 5.75 Å². The summed E-state index contributed by atoms with van der Waals surface area (Å²) in [4.78, 5) is 12.1. The lowest BCUT2D eigenvalue weighted by molar-refractivity contribution is 0.0735. The van der Waals surface area contributed by atoms with Crippen molar-refractivity contribution in [2.24, 2.45) is 0 Å². The third-order valence-electron chi connectivity index (χ3n) is 3.22. The molecule has 0 fully saturated rings. The van der Waals surface area contributed by atoms with Gasteiger partial charge in [0.1, 0.15) is 5.75 Å². The molecular formula is C18H14O2. The Hall–Kier alpha value is -2.61. The van der Waals surface area contributed by atoms with Gasteiger partial charge >= 0.3 is 5.97 Å². The molecule has 0 saturated heterocycles. The number of ether oxygens (including phenoxy) is 1. The first-order valence-electron chi connectivity index (χ1n) is 6.50. The van der Waals surface area contributed by atoms with Crippen LogP contribution in [-0.2, 0) is 0 Å². The maximum Gasteiger partial charge on any atom is 0.343 e. The molecule has 0 amide bonds. The fraction of sp³-hybridized carbons (Fsp3) is 0.0556.